The van der Waals surface area contributed by atoms with Crippen LogP contribution in [0.2, 0.25) is 0 Å². The number of halogens is 3. The average molecular weight is 316 g/mol. The van der Waals surface area contributed by atoms with E-state index >= 15 is 0 Å². The number of carbonyl (C=O) groups is 1. The summed E-state index contributed by atoms with van der Waals surface area (Å²) in [5.74, 6) is -0.891. The fourth-order valence-corrected chi connectivity index (χ4v) is 1.78. The maximum Gasteiger partial charge on any atom is 0.487 e. The van der Waals surface area contributed by atoms with E-state index in [0.29, 0.717) is 11.3 Å². The maximum absolute atomic E-state index is 12.6. The van der Waals surface area contributed by atoms with Crippen LogP contribution in [0.25, 0.3) is 0 Å². The molecule has 1 unspecified atom stereocenters. The summed E-state index contributed by atoms with van der Waals surface area (Å²) in [5.41, 5.74) is -2.76. The fraction of sp³-hybridized carbons (Fsp3) is 0.214. The lowest BCUT2D eigenvalue weighted by Crippen LogP contribution is -2.19. The Morgan fingerprint density at radius 2 is 2.19 bits per heavy atom. The Kier molecular flexibility index (Phi) is 4.47. The molecule has 0 saturated carbocycles. The molecule has 0 spiro atoms. The molecule has 1 heterocycles. The van der Waals surface area contributed by atoms with Crippen LogP contribution >= 0.6 is 11.6 Å². The minimum absolute atomic E-state index is 0.149. The number of nitrogens with one attached hydrogen (secondary N) is 1. The van der Waals surface area contributed by atoms with Gasteiger partial charge < -0.3 is 14.5 Å². The van der Waals surface area contributed by atoms with Crippen LogP contribution in [0.3, 0.4) is 0 Å². The molecule has 1 aromatic heterocycles. The molecule has 2 aromatic rings. The third-order valence-corrected chi connectivity index (χ3v) is 2.85. The monoisotopic (exact) mass is 315 g/mol. The predicted molar refractivity (Wildman–Crippen MR) is 73.6 cm³/mol. The number of carbonyl (C=O) groups excluding carboxylic acids is 1. The summed E-state index contributed by atoms with van der Waals surface area (Å²) < 4.78 is 34.3. The molecule has 0 fully saturated rings. The van der Waals surface area contributed by atoms with Crippen molar-refractivity contribution in [1.29, 1.82) is 0 Å². The molecule has 21 heavy (non-hydrogen) atoms. The van der Waals surface area contributed by atoms with Gasteiger partial charge in [-0.05, 0) is 25.1 Å². The van der Waals surface area contributed by atoms with E-state index in [2.05, 4.69) is 10.1 Å². The van der Waals surface area contributed by atoms with Gasteiger partial charge in [-0.1, -0.05) is 6.07 Å². The van der Waals surface area contributed by atoms with Gasteiger partial charge in [0.2, 0.25) is 5.91 Å². The molecular formula is C14H12ClF2NO3. The smallest absolute Gasteiger partial charge is 0.472 e. The molecule has 112 valence electrons. The van der Waals surface area contributed by atoms with E-state index < -0.39 is 11.5 Å². The van der Waals surface area contributed by atoms with Crippen LogP contribution in [0, 0.1) is 0 Å². The Bertz CT molecular complexity index is 611. The van der Waals surface area contributed by atoms with Crippen molar-refractivity contribution in [3.8, 4) is 5.75 Å². The first-order valence-corrected chi connectivity index (χ1v) is 6.42. The normalized spacial score (nSPS) is 12.8. The zero-order chi connectivity index (χ0) is 15.5. The number of benzene rings is 1. The van der Waals surface area contributed by atoms with Gasteiger partial charge in [0.05, 0.1) is 18.4 Å². The molecule has 1 aromatic carbocycles. The van der Waals surface area contributed by atoms with Crippen molar-refractivity contribution in [3.05, 3.63) is 48.4 Å². The van der Waals surface area contributed by atoms with Gasteiger partial charge in [0, 0.05) is 28.9 Å². The van der Waals surface area contributed by atoms with Crippen LogP contribution < -0.4 is 10.1 Å². The summed E-state index contributed by atoms with van der Waals surface area (Å²) in [4.78, 5) is 12.0. The quantitative estimate of drug-likeness (QED) is 0.842. The molecule has 0 bridgehead atoms. The van der Waals surface area contributed by atoms with Crippen molar-refractivity contribution >= 4 is 23.2 Å². The number of anilines is 1. The first kappa shape index (κ1) is 15.3. The van der Waals surface area contributed by atoms with Crippen molar-refractivity contribution < 1.29 is 22.7 Å². The zero-order valence-electron chi connectivity index (χ0n) is 11.0. The summed E-state index contributed by atoms with van der Waals surface area (Å²) in [7, 11) is 0. The largest absolute Gasteiger partial charge is 0.487 e. The Morgan fingerprint density at radius 1 is 1.43 bits per heavy atom. The number of alkyl halides is 3. The average Bonchev–Trinajstić information content (AvgIpc) is 2.89. The molecule has 0 aliphatic rings. The molecule has 0 saturated heterocycles. The van der Waals surface area contributed by atoms with Gasteiger partial charge in [-0.15, -0.1) is 8.78 Å². The van der Waals surface area contributed by atoms with Crippen LogP contribution in [-0.2, 0) is 4.79 Å². The highest BCUT2D eigenvalue weighted by molar-refractivity contribution is 6.20. The summed E-state index contributed by atoms with van der Waals surface area (Å²) >= 11 is 4.69. The Labute approximate surface area is 124 Å². The van der Waals surface area contributed by atoms with Crippen molar-refractivity contribution in [3.63, 3.8) is 0 Å². The second-order valence-electron chi connectivity index (χ2n) is 4.34. The van der Waals surface area contributed by atoms with E-state index in [9.17, 15) is 13.6 Å². The lowest BCUT2D eigenvalue weighted by molar-refractivity contribution is -0.117. The molecular weight excluding hydrogens is 304 g/mol. The highest BCUT2D eigenvalue weighted by atomic mass is 35.5. The summed E-state index contributed by atoms with van der Waals surface area (Å²) in [5, 5.41) is 2.61. The number of hydrogen-bond donors (Lipinski definition) is 1. The van der Waals surface area contributed by atoms with Gasteiger partial charge in [-0.25, -0.2) is 0 Å². The van der Waals surface area contributed by atoms with E-state index in [0.717, 1.165) is 0 Å². The molecule has 7 heteroatoms. The van der Waals surface area contributed by atoms with E-state index in [1.807, 2.05) is 0 Å². The fourth-order valence-electron chi connectivity index (χ4n) is 1.69. The van der Waals surface area contributed by atoms with E-state index in [4.69, 9.17) is 16.0 Å². The highest BCUT2D eigenvalue weighted by Crippen LogP contribution is 2.27. The predicted octanol–water partition coefficient (Wildman–Crippen LogP) is 4.19. The minimum Gasteiger partial charge on any atom is -0.472 e. The molecule has 1 atom stereocenters. The Balaban J connectivity index is 2.06. The van der Waals surface area contributed by atoms with Gasteiger partial charge in [0.25, 0.3) is 0 Å². The van der Waals surface area contributed by atoms with E-state index in [1.165, 1.54) is 30.7 Å². The van der Waals surface area contributed by atoms with Crippen molar-refractivity contribution in [2.45, 2.75) is 18.4 Å². The lowest BCUT2D eigenvalue weighted by atomic mass is 10.0. The third-order valence-electron chi connectivity index (χ3n) is 2.77. The van der Waals surface area contributed by atoms with Gasteiger partial charge in [-0.3, -0.25) is 4.79 Å². The number of amides is 1. The minimum atomic E-state index is -3.80. The van der Waals surface area contributed by atoms with Gasteiger partial charge >= 0.3 is 5.57 Å². The summed E-state index contributed by atoms with van der Waals surface area (Å²) in [6.45, 7) is 1.70. The topological polar surface area (TPSA) is 51.5 Å². The van der Waals surface area contributed by atoms with E-state index in [-0.39, 0.29) is 11.7 Å². The van der Waals surface area contributed by atoms with Gasteiger partial charge in [0.15, 0.2) is 0 Å². The molecule has 0 aliphatic heterocycles. The SMILES string of the molecule is CC(C(=O)Nc1cccc(OC(F)(F)Cl)c1)c1ccoc1. The standard InChI is InChI=1S/C14H12ClF2NO3/c1-9(10-5-6-20-8-10)13(19)18-11-3-2-4-12(7-11)21-14(15,16)17/h2-9H,1H3,(H,18,19). The lowest BCUT2D eigenvalue weighted by Gasteiger charge is -2.13. The number of rotatable bonds is 5. The second kappa shape index (κ2) is 6.13. The molecule has 4 nitrogen and oxygen atoms in total. The number of hydrogen-bond acceptors (Lipinski definition) is 3. The first-order valence-electron chi connectivity index (χ1n) is 6.04. The number of furan rings is 1. The maximum atomic E-state index is 12.6. The zero-order valence-corrected chi connectivity index (χ0v) is 11.7. The summed E-state index contributed by atoms with van der Waals surface area (Å²) in [6, 6.07) is 7.27. The Hall–Kier alpha value is -2.08. The van der Waals surface area contributed by atoms with Crippen molar-refractivity contribution in [2.75, 3.05) is 5.32 Å². The van der Waals surface area contributed by atoms with Crippen LogP contribution in [0.5, 0.6) is 5.75 Å². The molecule has 0 radical (unpaired) electrons. The van der Waals surface area contributed by atoms with Crippen LogP contribution in [0.4, 0.5) is 14.5 Å². The van der Waals surface area contributed by atoms with E-state index in [1.54, 1.807) is 19.1 Å². The van der Waals surface area contributed by atoms with Crippen LogP contribution in [0.15, 0.2) is 47.3 Å². The van der Waals surface area contributed by atoms with Gasteiger partial charge in [0.1, 0.15) is 5.75 Å². The summed E-state index contributed by atoms with van der Waals surface area (Å²) in [6.07, 6.45) is 2.94. The molecule has 1 amide bonds. The first-order chi connectivity index (χ1) is 9.85. The van der Waals surface area contributed by atoms with Crippen LogP contribution in [0.1, 0.15) is 18.4 Å². The number of ether oxygens (including phenoxy) is 1. The van der Waals surface area contributed by atoms with Crippen LogP contribution in [-0.4, -0.2) is 11.5 Å². The second-order valence-corrected chi connectivity index (χ2v) is 4.78. The molecule has 2 rings (SSSR count). The van der Waals surface area contributed by atoms with Gasteiger partial charge in [-0.2, -0.15) is 0 Å². The highest BCUT2D eigenvalue weighted by Gasteiger charge is 2.27. The Morgan fingerprint density at radius 3 is 2.81 bits per heavy atom. The molecule has 0 aliphatic carbocycles. The van der Waals surface area contributed by atoms with Crippen molar-refractivity contribution in [1.82, 2.24) is 0 Å². The molecule has 1 N–H and O–H groups in total. The van der Waals surface area contributed by atoms with Crippen molar-refractivity contribution in [2.24, 2.45) is 0 Å². The third kappa shape index (κ3) is 4.46.